The highest BCUT2D eigenvalue weighted by Gasteiger charge is 2.12. The van der Waals surface area contributed by atoms with Crippen molar-refractivity contribution in [3.63, 3.8) is 0 Å². The molecule has 2 aromatic rings. The lowest BCUT2D eigenvalue weighted by molar-refractivity contribution is 0.0937. The Morgan fingerprint density at radius 1 is 1.08 bits per heavy atom. The summed E-state index contributed by atoms with van der Waals surface area (Å²) in [5.41, 5.74) is 1.99. The fourth-order valence-electron chi connectivity index (χ4n) is 2.41. The van der Waals surface area contributed by atoms with Crippen molar-refractivity contribution in [3.8, 4) is 5.75 Å². The van der Waals surface area contributed by atoms with Crippen molar-refractivity contribution < 1.29 is 9.53 Å². The second kappa shape index (κ2) is 9.06. The fourth-order valence-corrected chi connectivity index (χ4v) is 3.04. The van der Waals surface area contributed by atoms with E-state index >= 15 is 0 Å². The molecule has 2 aromatic carbocycles. The SMILES string of the molecule is CC(CCc1ccc(OC(C)C)cc1)NC(=O)c1ccccc1I. The molecule has 3 nitrogen and oxygen atoms in total. The molecule has 0 saturated carbocycles. The molecule has 0 aliphatic heterocycles. The van der Waals surface area contributed by atoms with Gasteiger partial charge in [-0.25, -0.2) is 0 Å². The van der Waals surface area contributed by atoms with Gasteiger partial charge in [0, 0.05) is 9.61 Å². The van der Waals surface area contributed by atoms with Crippen molar-refractivity contribution in [2.45, 2.75) is 45.8 Å². The summed E-state index contributed by atoms with van der Waals surface area (Å²) in [6.45, 7) is 6.09. The van der Waals surface area contributed by atoms with Crippen LogP contribution in [0.4, 0.5) is 0 Å². The van der Waals surface area contributed by atoms with E-state index in [2.05, 4.69) is 40.0 Å². The molecule has 1 atom stereocenters. The average molecular weight is 437 g/mol. The molecular weight excluding hydrogens is 413 g/mol. The maximum atomic E-state index is 12.3. The molecule has 0 radical (unpaired) electrons. The molecule has 0 aromatic heterocycles. The number of aryl methyl sites for hydroxylation is 1. The highest BCUT2D eigenvalue weighted by molar-refractivity contribution is 14.1. The normalized spacial score (nSPS) is 12.0. The summed E-state index contributed by atoms with van der Waals surface area (Å²) in [5, 5.41) is 3.08. The van der Waals surface area contributed by atoms with E-state index in [1.807, 2.05) is 57.2 Å². The summed E-state index contributed by atoms with van der Waals surface area (Å²) >= 11 is 2.19. The van der Waals surface area contributed by atoms with Crippen LogP contribution in [0.15, 0.2) is 48.5 Å². The average Bonchev–Trinajstić information content (AvgIpc) is 2.54. The molecule has 1 N–H and O–H groups in total. The number of carbonyl (C=O) groups is 1. The third-order valence-electron chi connectivity index (χ3n) is 3.66. The Labute approximate surface area is 157 Å². The van der Waals surface area contributed by atoms with Crippen LogP contribution in [-0.2, 0) is 6.42 Å². The molecule has 0 spiro atoms. The number of ether oxygens (including phenoxy) is 1. The predicted molar refractivity (Wildman–Crippen MR) is 107 cm³/mol. The lowest BCUT2D eigenvalue weighted by Crippen LogP contribution is -2.33. The first-order chi connectivity index (χ1) is 11.5. The van der Waals surface area contributed by atoms with E-state index in [4.69, 9.17) is 4.74 Å². The Morgan fingerprint density at radius 2 is 1.75 bits per heavy atom. The van der Waals surface area contributed by atoms with Gasteiger partial charge in [-0.3, -0.25) is 4.79 Å². The number of benzene rings is 2. The summed E-state index contributed by atoms with van der Waals surface area (Å²) in [6, 6.07) is 15.9. The monoisotopic (exact) mass is 437 g/mol. The van der Waals surface area contributed by atoms with Crippen LogP contribution >= 0.6 is 22.6 Å². The molecule has 0 bridgehead atoms. The van der Waals surface area contributed by atoms with Gasteiger partial charge in [0.05, 0.1) is 11.7 Å². The number of hydrogen-bond acceptors (Lipinski definition) is 2. The zero-order valence-electron chi connectivity index (χ0n) is 14.4. The highest BCUT2D eigenvalue weighted by atomic mass is 127. The third-order valence-corrected chi connectivity index (χ3v) is 4.60. The summed E-state index contributed by atoms with van der Waals surface area (Å²) < 4.78 is 6.62. The van der Waals surface area contributed by atoms with Gasteiger partial charge in [0.25, 0.3) is 5.91 Å². The molecule has 0 aliphatic rings. The number of carbonyl (C=O) groups excluding carboxylic acids is 1. The van der Waals surface area contributed by atoms with Crippen LogP contribution in [0.2, 0.25) is 0 Å². The van der Waals surface area contributed by atoms with Gasteiger partial charge in [-0.05, 0) is 86.0 Å². The summed E-state index contributed by atoms with van der Waals surface area (Å²) in [6.07, 6.45) is 2.02. The van der Waals surface area contributed by atoms with Gasteiger partial charge in [0.2, 0.25) is 0 Å². The zero-order valence-corrected chi connectivity index (χ0v) is 16.5. The first kappa shape index (κ1) is 18.8. The number of halogens is 1. The van der Waals surface area contributed by atoms with E-state index in [-0.39, 0.29) is 18.1 Å². The van der Waals surface area contributed by atoms with Crippen molar-refractivity contribution >= 4 is 28.5 Å². The maximum absolute atomic E-state index is 12.3. The Balaban J connectivity index is 1.83. The van der Waals surface area contributed by atoms with Crippen molar-refractivity contribution in [3.05, 3.63) is 63.2 Å². The van der Waals surface area contributed by atoms with Gasteiger partial charge in [0.1, 0.15) is 5.75 Å². The molecule has 2 rings (SSSR count). The molecule has 1 unspecified atom stereocenters. The van der Waals surface area contributed by atoms with Crippen LogP contribution in [0.1, 0.15) is 43.1 Å². The Morgan fingerprint density at radius 3 is 2.38 bits per heavy atom. The third kappa shape index (κ3) is 5.82. The van der Waals surface area contributed by atoms with E-state index in [0.29, 0.717) is 0 Å². The van der Waals surface area contributed by atoms with Crippen LogP contribution in [0.3, 0.4) is 0 Å². The Bertz CT molecular complexity index is 668. The molecular formula is C20H24INO2. The Kier molecular flexibility index (Phi) is 7.09. The predicted octanol–water partition coefficient (Wildman–Crippen LogP) is 4.83. The van der Waals surface area contributed by atoms with Crippen LogP contribution in [0.5, 0.6) is 5.75 Å². The second-order valence-corrected chi connectivity index (χ2v) is 7.37. The molecule has 0 heterocycles. The van der Waals surface area contributed by atoms with Crippen LogP contribution in [0.25, 0.3) is 0 Å². The number of amides is 1. The molecule has 1 amide bonds. The summed E-state index contributed by atoms with van der Waals surface area (Å²) in [4.78, 5) is 12.3. The standard InChI is InChI=1S/C20H24INO2/c1-14(2)24-17-12-10-16(11-13-17)9-8-15(3)22-20(23)18-6-4-5-7-19(18)21/h4-7,10-15H,8-9H2,1-3H3,(H,22,23). The molecule has 0 saturated heterocycles. The molecule has 24 heavy (non-hydrogen) atoms. The van der Waals surface area contributed by atoms with Gasteiger partial charge >= 0.3 is 0 Å². The molecule has 4 heteroatoms. The van der Waals surface area contributed by atoms with Crippen LogP contribution in [0, 0.1) is 3.57 Å². The second-order valence-electron chi connectivity index (χ2n) is 6.20. The highest BCUT2D eigenvalue weighted by Crippen LogP contribution is 2.16. The van der Waals surface area contributed by atoms with Gasteiger partial charge in [-0.2, -0.15) is 0 Å². The van der Waals surface area contributed by atoms with E-state index in [9.17, 15) is 4.79 Å². The fraction of sp³-hybridized carbons (Fsp3) is 0.350. The first-order valence-corrected chi connectivity index (χ1v) is 9.34. The smallest absolute Gasteiger partial charge is 0.252 e. The van der Waals surface area contributed by atoms with E-state index < -0.39 is 0 Å². The number of rotatable bonds is 7. The van der Waals surface area contributed by atoms with Gasteiger partial charge < -0.3 is 10.1 Å². The van der Waals surface area contributed by atoms with E-state index in [1.165, 1.54) is 5.56 Å². The van der Waals surface area contributed by atoms with E-state index in [0.717, 1.165) is 27.7 Å². The number of hydrogen-bond donors (Lipinski definition) is 1. The van der Waals surface area contributed by atoms with E-state index in [1.54, 1.807) is 0 Å². The summed E-state index contributed by atoms with van der Waals surface area (Å²) in [5.74, 6) is 0.891. The van der Waals surface area contributed by atoms with Crippen molar-refractivity contribution in [2.75, 3.05) is 0 Å². The van der Waals surface area contributed by atoms with Crippen molar-refractivity contribution in [1.82, 2.24) is 5.32 Å². The topological polar surface area (TPSA) is 38.3 Å². The Hall–Kier alpha value is -1.56. The number of nitrogens with one attached hydrogen (secondary N) is 1. The lowest BCUT2D eigenvalue weighted by atomic mass is 10.1. The minimum Gasteiger partial charge on any atom is -0.491 e. The van der Waals surface area contributed by atoms with Gasteiger partial charge in [0.15, 0.2) is 0 Å². The van der Waals surface area contributed by atoms with Crippen molar-refractivity contribution in [1.29, 1.82) is 0 Å². The quantitative estimate of drug-likeness (QED) is 0.631. The van der Waals surface area contributed by atoms with Gasteiger partial charge in [-0.1, -0.05) is 24.3 Å². The van der Waals surface area contributed by atoms with Crippen molar-refractivity contribution in [2.24, 2.45) is 0 Å². The summed E-state index contributed by atoms with van der Waals surface area (Å²) in [7, 11) is 0. The first-order valence-electron chi connectivity index (χ1n) is 8.26. The zero-order chi connectivity index (χ0) is 17.5. The van der Waals surface area contributed by atoms with Gasteiger partial charge in [-0.15, -0.1) is 0 Å². The molecule has 128 valence electrons. The lowest BCUT2D eigenvalue weighted by Gasteiger charge is -2.15. The largest absolute Gasteiger partial charge is 0.491 e. The van der Waals surface area contributed by atoms with Crippen LogP contribution in [-0.4, -0.2) is 18.1 Å². The minimum absolute atomic E-state index is 0.00631. The minimum atomic E-state index is -0.00631. The van der Waals surface area contributed by atoms with Crippen LogP contribution < -0.4 is 10.1 Å². The maximum Gasteiger partial charge on any atom is 0.252 e. The molecule has 0 fully saturated rings. The molecule has 0 aliphatic carbocycles.